The van der Waals surface area contributed by atoms with E-state index >= 15 is 0 Å². The summed E-state index contributed by atoms with van der Waals surface area (Å²) in [7, 11) is 0. The lowest BCUT2D eigenvalue weighted by Crippen LogP contribution is -2.43. The van der Waals surface area contributed by atoms with Gasteiger partial charge < -0.3 is 15.3 Å². The van der Waals surface area contributed by atoms with E-state index in [9.17, 15) is 20.1 Å². The van der Waals surface area contributed by atoms with Crippen LogP contribution in [0, 0.1) is 11.8 Å². The van der Waals surface area contributed by atoms with Crippen molar-refractivity contribution in [1.82, 2.24) is 0 Å². The summed E-state index contributed by atoms with van der Waals surface area (Å²) in [5, 5.41) is 29.2. The second kappa shape index (κ2) is 4.75. The number of carboxylic acids is 1. The van der Waals surface area contributed by atoms with Gasteiger partial charge in [-0.2, -0.15) is 0 Å². The minimum Gasteiger partial charge on any atom is -0.481 e. The van der Waals surface area contributed by atoms with Crippen molar-refractivity contribution in [3.05, 3.63) is 0 Å². The monoisotopic (exact) mass is 209 g/mol. The normalized spacial score (nSPS) is 68.5. The first-order valence-electron chi connectivity index (χ1n) is 7.82. The molecule has 0 aromatic carbocycles. The molecule has 1 rings (SSSR count). The Balaban J connectivity index is 3.75. The maximum absolute atomic E-state index is 11.4. The third-order valence-electron chi connectivity index (χ3n) is 1.96. The van der Waals surface area contributed by atoms with Gasteiger partial charge in [0, 0.05) is 13.2 Å². The van der Waals surface area contributed by atoms with E-state index in [4.69, 9.17) is 9.60 Å². The summed E-state index contributed by atoms with van der Waals surface area (Å²) in [5.74, 6) is -7.30. The van der Waals surface area contributed by atoms with E-state index in [1.165, 1.54) is 6.92 Å². The fourth-order valence-electron chi connectivity index (χ4n) is 1.37. The molecule has 0 spiro atoms. The third kappa shape index (κ3) is 2.45. The average molecular weight is 209 g/mol. The van der Waals surface area contributed by atoms with E-state index in [1.54, 1.807) is 0 Å². The standard InChI is InChI=1S/C10H18O4/c1-2-3-6-4-7(11)5-8(12)9(6)10(13)14/h6-9,11-12H,2-5H2,1H3,(H,13,14)/i4D2,5D2,7D,8D,9D. The Morgan fingerprint density at radius 2 is 2.21 bits per heavy atom. The van der Waals surface area contributed by atoms with Crippen molar-refractivity contribution in [1.29, 1.82) is 0 Å². The largest absolute Gasteiger partial charge is 0.481 e. The predicted molar refractivity (Wildman–Crippen MR) is 50.8 cm³/mol. The molecule has 0 bridgehead atoms. The molecule has 0 aromatic rings. The maximum atomic E-state index is 11.4. The van der Waals surface area contributed by atoms with Gasteiger partial charge in [-0.15, -0.1) is 0 Å². The van der Waals surface area contributed by atoms with Gasteiger partial charge in [0.1, 0.15) is 0 Å². The Morgan fingerprint density at radius 3 is 2.71 bits per heavy atom. The highest BCUT2D eigenvalue weighted by Gasteiger charge is 2.40. The van der Waals surface area contributed by atoms with Crippen LogP contribution in [0.3, 0.4) is 0 Å². The highest BCUT2D eigenvalue weighted by atomic mass is 16.4. The number of hydrogen-bond donors (Lipinski definition) is 3. The first-order valence-corrected chi connectivity index (χ1v) is 4.32. The Kier molecular flexibility index (Phi) is 1.68. The Hall–Kier alpha value is -0.610. The number of carbonyl (C=O) groups is 1. The van der Waals surface area contributed by atoms with Gasteiger partial charge >= 0.3 is 5.97 Å². The van der Waals surface area contributed by atoms with Crippen LogP contribution in [0.2, 0.25) is 0 Å². The van der Waals surface area contributed by atoms with Crippen LogP contribution in [-0.2, 0) is 4.79 Å². The molecule has 14 heavy (non-hydrogen) atoms. The third-order valence-corrected chi connectivity index (χ3v) is 1.96. The van der Waals surface area contributed by atoms with Crippen molar-refractivity contribution >= 4 is 5.97 Å². The molecular formula is C10H18O4. The summed E-state index contributed by atoms with van der Waals surface area (Å²) >= 11 is 0. The fourth-order valence-corrected chi connectivity index (χ4v) is 1.37. The molecule has 82 valence electrons. The zero-order valence-corrected chi connectivity index (χ0v) is 7.74. The lowest BCUT2D eigenvalue weighted by Gasteiger charge is -2.35. The van der Waals surface area contributed by atoms with E-state index in [0.29, 0.717) is 0 Å². The molecule has 0 radical (unpaired) electrons. The molecule has 1 aliphatic rings. The molecule has 0 aromatic heterocycles. The summed E-state index contributed by atoms with van der Waals surface area (Å²) < 4.78 is 53.7. The Labute approximate surface area is 93.4 Å². The van der Waals surface area contributed by atoms with Crippen LogP contribution in [0.1, 0.15) is 42.1 Å². The molecular weight excluding hydrogens is 184 g/mol. The van der Waals surface area contributed by atoms with Gasteiger partial charge in [-0.1, -0.05) is 13.3 Å². The highest BCUT2D eigenvalue weighted by Crippen LogP contribution is 2.33. The molecule has 1 aliphatic carbocycles. The second-order valence-corrected chi connectivity index (χ2v) is 3.03. The predicted octanol–water partition coefficient (Wildman–Crippen LogP) is 0.619. The summed E-state index contributed by atoms with van der Waals surface area (Å²) in [6, 6.07) is 0. The van der Waals surface area contributed by atoms with Gasteiger partial charge in [0.2, 0.25) is 0 Å². The topological polar surface area (TPSA) is 77.8 Å². The van der Waals surface area contributed by atoms with Crippen molar-refractivity contribution in [2.24, 2.45) is 11.8 Å². The summed E-state index contributed by atoms with van der Waals surface area (Å²) in [6.45, 7) is 1.54. The highest BCUT2D eigenvalue weighted by molar-refractivity contribution is 5.71. The van der Waals surface area contributed by atoms with Gasteiger partial charge in [-0.05, 0) is 18.7 Å². The summed E-state index contributed by atoms with van der Waals surface area (Å²) in [5.41, 5.74) is 0. The van der Waals surface area contributed by atoms with Crippen molar-refractivity contribution in [2.45, 2.75) is 44.7 Å². The van der Waals surface area contributed by atoms with Gasteiger partial charge in [-0.3, -0.25) is 4.79 Å². The Bertz CT molecular complexity index is 451. The van der Waals surface area contributed by atoms with E-state index in [-0.39, 0.29) is 12.8 Å². The molecule has 1 saturated carbocycles. The van der Waals surface area contributed by atoms with E-state index in [1.807, 2.05) is 0 Å². The van der Waals surface area contributed by atoms with Gasteiger partial charge in [0.05, 0.1) is 20.8 Å². The Morgan fingerprint density at radius 1 is 1.57 bits per heavy atom. The minimum absolute atomic E-state index is 0.160. The molecule has 0 heterocycles. The van der Waals surface area contributed by atoms with Crippen LogP contribution in [0.4, 0.5) is 0 Å². The number of aliphatic carboxylic acids is 1. The van der Waals surface area contributed by atoms with Crippen molar-refractivity contribution in [2.75, 3.05) is 0 Å². The number of aliphatic hydroxyl groups is 2. The first-order chi connectivity index (χ1) is 9.14. The molecule has 0 aliphatic heterocycles. The van der Waals surface area contributed by atoms with Crippen molar-refractivity contribution in [3.8, 4) is 0 Å². The van der Waals surface area contributed by atoms with Crippen LogP contribution >= 0.6 is 0 Å². The summed E-state index contributed by atoms with van der Waals surface area (Å²) in [6.07, 6.45) is -14.3. The second-order valence-electron chi connectivity index (χ2n) is 3.03. The van der Waals surface area contributed by atoms with Crippen LogP contribution in [0.15, 0.2) is 0 Å². The number of carboxylic acid groups (broad SMARTS) is 1. The van der Waals surface area contributed by atoms with Crippen molar-refractivity contribution < 1.29 is 29.7 Å². The van der Waals surface area contributed by atoms with Crippen LogP contribution in [0.5, 0.6) is 0 Å². The molecule has 3 N–H and O–H groups in total. The smallest absolute Gasteiger partial charge is 0.309 e. The SMILES string of the molecule is [2H]C1([2H])C(CCC)C([2H])(C(=O)O)C([2H])(O)C([2H])([2H])C1([2H])O. The quantitative estimate of drug-likeness (QED) is 0.636. The fraction of sp³-hybridized carbons (Fsp3) is 0.900. The lowest BCUT2D eigenvalue weighted by molar-refractivity contribution is -0.153. The molecule has 4 heteroatoms. The average Bonchev–Trinajstić information content (AvgIpc) is 2.32. The van der Waals surface area contributed by atoms with Gasteiger partial charge in [-0.25, -0.2) is 0 Å². The van der Waals surface area contributed by atoms with Crippen LogP contribution < -0.4 is 0 Å². The van der Waals surface area contributed by atoms with E-state index < -0.39 is 42.7 Å². The lowest BCUT2D eigenvalue weighted by atomic mass is 9.74. The molecule has 0 saturated heterocycles. The zero-order valence-electron chi connectivity index (χ0n) is 14.7. The van der Waals surface area contributed by atoms with Crippen LogP contribution in [0.25, 0.3) is 0 Å². The van der Waals surface area contributed by atoms with E-state index in [0.717, 1.165) is 0 Å². The molecule has 4 nitrogen and oxygen atoms in total. The first kappa shape index (κ1) is 4.94. The molecule has 0 amide bonds. The molecule has 1 fully saturated rings. The number of rotatable bonds is 3. The molecule has 4 atom stereocenters. The van der Waals surface area contributed by atoms with Crippen LogP contribution in [-0.4, -0.2) is 33.4 Å². The zero-order chi connectivity index (χ0) is 17.1. The van der Waals surface area contributed by atoms with Crippen molar-refractivity contribution in [3.63, 3.8) is 0 Å². The molecule has 4 unspecified atom stereocenters. The van der Waals surface area contributed by atoms with Gasteiger partial charge in [0.25, 0.3) is 0 Å². The maximum Gasteiger partial charge on any atom is 0.309 e. The van der Waals surface area contributed by atoms with Gasteiger partial charge in [0.15, 0.2) is 0 Å². The number of hydrogen-bond acceptors (Lipinski definition) is 3. The summed E-state index contributed by atoms with van der Waals surface area (Å²) in [4.78, 5) is 11.4. The van der Waals surface area contributed by atoms with E-state index in [2.05, 4.69) is 0 Å². The minimum atomic E-state index is -3.71.